The Morgan fingerprint density at radius 1 is 1.35 bits per heavy atom. The first-order valence-corrected chi connectivity index (χ1v) is 11.0. The second-order valence-electron chi connectivity index (χ2n) is 9.11. The van der Waals surface area contributed by atoms with Gasteiger partial charge in [0.2, 0.25) is 0 Å². The summed E-state index contributed by atoms with van der Waals surface area (Å²) in [6.45, 7) is 11.6. The fraction of sp³-hybridized carbons (Fsp3) is 0.900. The lowest BCUT2D eigenvalue weighted by Gasteiger charge is -2.52. The second kappa shape index (κ2) is 5.70. The van der Waals surface area contributed by atoms with Crippen molar-refractivity contribution in [3.8, 4) is 0 Å². The maximum absolute atomic E-state index is 6.86. The smallest absolute Gasteiger partial charge is 0.104 e. The van der Waals surface area contributed by atoms with Gasteiger partial charge >= 0.3 is 0 Å². The molecule has 0 aromatic carbocycles. The number of hydrogen-bond donors (Lipinski definition) is 0. The quantitative estimate of drug-likeness (QED) is 0.343. The van der Waals surface area contributed by atoms with Crippen LogP contribution in [0.3, 0.4) is 0 Å². The van der Waals surface area contributed by atoms with Crippen LogP contribution in [0.5, 0.6) is 0 Å². The zero-order valence-corrected chi connectivity index (χ0v) is 17.0. The molecule has 0 unspecified atom stereocenters. The SMILES string of the molecule is C=C1CC[C@H](C(C)C)[C@@H]2[C@H]1[C@H]1C[C@]3(C)CCC[C@@](CI)(O3)[C@@H]2O1. The summed E-state index contributed by atoms with van der Waals surface area (Å²) in [4.78, 5) is 0. The number of alkyl halides is 1. The zero-order valence-electron chi connectivity index (χ0n) is 14.8. The molecule has 23 heavy (non-hydrogen) atoms. The lowest BCUT2D eigenvalue weighted by atomic mass is 9.59. The molecule has 2 nitrogen and oxygen atoms in total. The minimum absolute atomic E-state index is 0.0128. The molecule has 4 aliphatic rings. The van der Waals surface area contributed by atoms with Crippen LogP contribution in [0.15, 0.2) is 12.2 Å². The number of hydrogen-bond acceptors (Lipinski definition) is 2. The van der Waals surface area contributed by atoms with Crippen molar-refractivity contribution in [2.75, 3.05) is 4.43 Å². The Labute approximate surface area is 154 Å². The summed E-state index contributed by atoms with van der Waals surface area (Å²) >= 11 is 2.55. The van der Waals surface area contributed by atoms with Crippen LogP contribution in [0.2, 0.25) is 0 Å². The molecule has 0 spiro atoms. The third-order valence-electron chi connectivity index (χ3n) is 7.24. The van der Waals surface area contributed by atoms with Crippen LogP contribution in [-0.2, 0) is 9.47 Å². The van der Waals surface area contributed by atoms with E-state index < -0.39 is 0 Å². The van der Waals surface area contributed by atoms with E-state index in [1.54, 1.807) is 0 Å². The van der Waals surface area contributed by atoms with E-state index in [1.165, 1.54) is 37.7 Å². The molecular formula is C20H31IO2. The van der Waals surface area contributed by atoms with Gasteiger partial charge in [0.1, 0.15) is 5.60 Å². The van der Waals surface area contributed by atoms with Crippen molar-refractivity contribution in [2.24, 2.45) is 23.7 Å². The van der Waals surface area contributed by atoms with Crippen molar-refractivity contribution in [3.05, 3.63) is 12.2 Å². The predicted molar refractivity (Wildman–Crippen MR) is 102 cm³/mol. The van der Waals surface area contributed by atoms with Gasteiger partial charge in [0.15, 0.2) is 0 Å². The molecule has 0 aromatic rings. The van der Waals surface area contributed by atoms with E-state index in [0.29, 0.717) is 17.9 Å². The van der Waals surface area contributed by atoms with Crippen LogP contribution < -0.4 is 0 Å². The molecule has 1 aliphatic carbocycles. The molecular weight excluding hydrogens is 399 g/mol. The Kier molecular flexibility index (Phi) is 4.17. The molecule has 130 valence electrons. The highest BCUT2D eigenvalue weighted by Gasteiger charge is 2.63. The minimum Gasteiger partial charge on any atom is -0.371 e. The number of fused-ring (bicyclic) bond motifs is 8. The van der Waals surface area contributed by atoms with E-state index >= 15 is 0 Å². The van der Waals surface area contributed by atoms with Gasteiger partial charge in [0, 0.05) is 22.7 Å². The number of rotatable bonds is 2. The van der Waals surface area contributed by atoms with Crippen molar-refractivity contribution < 1.29 is 9.47 Å². The average Bonchev–Trinajstić information content (AvgIpc) is 2.83. The Hall–Kier alpha value is 0.390. The van der Waals surface area contributed by atoms with Crippen LogP contribution >= 0.6 is 22.6 Å². The minimum atomic E-state index is -0.0630. The topological polar surface area (TPSA) is 18.5 Å². The summed E-state index contributed by atoms with van der Waals surface area (Å²) in [5.41, 5.74) is 1.41. The van der Waals surface area contributed by atoms with Crippen LogP contribution in [0.1, 0.15) is 59.3 Å². The standard InChI is InChI=1S/C20H31IO2/c1-12(2)14-7-6-13(3)16-15-10-19(4)8-5-9-20(11-21,23-19)18(22-15)17(14)16/h12,14-18H,3,5-11H2,1-2,4H3/t14-,15-,16-,17-,18-,19+,20+/m1/s1. The molecule has 3 aliphatic heterocycles. The first-order chi connectivity index (χ1) is 10.9. The molecule has 0 amide bonds. The molecule has 0 radical (unpaired) electrons. The van der Waals surface area contributed by atoms with Crippen LogP contribution in [-0.4, -0.2) is 27.8 Å². The molecule has 4 rings (SSSR count). The van der Waals surface area contributed by atoms with Crippen molar-refractivity contribution in [1.29, 1.82) is 0 Å². The highest BCUT2D eigenvalue weighted by molar-refractivity contribution is 14.1. The largest absolute Gasteiger partial charge is 0.371 e. The molecule has 7 atom stereocenters. The summed E-state index contributed by atoms with van der Waals surface area (Å²) in [6.07, 6.45) is 7.82. The Morgan fingerprint density at radius 3 is 2.83 bits per heavy atom. The highest BCUT2D eigenvalue weighted by Crippen LogP contribution is 2.59. The normalized spacial score (nSPS) is 52.4. The lowest BCUT2D eigenvalue weighted by Crippen LogP contribution is -2.58. The second-order valence-corrected chi connectivity index (χ2v) is 9.87. The van der Waals surface area contributed by atoms with Gasteiger partial charge < -0.3 is 9.47 Å². The van der Waals surface area contributed by atoms with Gasteiger partial charge in [-0.1, -0.05) is 48.6 Å². The van der Waals surface area contributed by atoms with E-state index in [0.717, 1.165) is 22.7 Å². The molecule has 3 heteroatoms. The fourth-order valence-electron chi connectivity index (χ4n) is 6.26. The van der Waals surface area contributed by atoms with Crippen molar-refractivity contribution in [2.45, 2.75) is 82.7 Å². The fourth-order valence-corrected chi connectivity index (χ4v) is 7.23. The summed E-state index contributed by atoms with van der Waals surface area (Å²) in [5, 5.41) is 0. The predicted octanol–water partition coefficient (Wildman–Crippen LogP) is 5.15. The monoisotopic (exact) mass is 430 g/mol. The van der Waals surface area contributed by atoms with Gasteiger partial charge in [0.25, 0.3) is 0 Å². The van der Waals surface area contributed by atoms with Gasteiger partial charge in [-0.05, 0) is 50.9 Å². The van der Waals surface area contributed by atoms with Gasteiger partial charge in [0.05, 0.1) is 17.8 Å². The average molecular weight is 430 g/mol. The van der Waals surface area contributed by atoms with E-state index in [9.17, 15) is 0 Å². The summed E-state index contributed by atoms with van der Waals surface area (Å²) in [5.74, 6) is 2.68. The first kappa shape index (κ1) is 16.8. The molecule has 4 bridgehead atoms. The van der Waals surface area contributed by atoms with E-state index in [1.807, 2.05) is 0 Å². The van der Waals surface area contributed by atoms with Gasteiger partial charge in [-0.15, -0.1) is 0 Å². The van der Waals surface area contributed by atoms with Crippen LogP contribution in [0, 0.1) is 23.7 Å². The van der Waals surface area contributed by atoms with Crippen LogP contribution in [0.25, 0.3) is 0 Å². The molecule has 4 fully saturated rings. The molecule has 3 heterocycles. The van der Waals surface area contributed by atoms with Crippen molar-refractivity contribution >= 4 is 22.6 Å². The van der Waals surface area contributed by atoms with Crippen LogP contribution in [0.4, 0.5) is 0 Å². The van der Waals surface area contributed by atoms with E-state index in [4.69, 9.17) is 9.47 Å². The molecule has 3 saturated heterocycles. The summed E-state index contributed by atoms with van der Waals surface area (Å²) < 4.78 is 14.7. The molecule has 0 aromatic heterocycles. The van der Waals surface area contributed by atoms with E-state index in [-0.39, 0.29) is 17.3 Å². The summed E-state index contributed by atoms with van der Waals surface area (Å²) in [6, 6.07) is 0. The van der Waals surface area contributed by atoms with Gasteiger partial charge in [-0.3, -0.25) is 0 Å². The highest BCUT2D eigenvalue weighted by atomic mass is 127. The first-order valence-electron chi connectivity index (χ1n) is 9.48. The van der Waals surface area contributed by atoms with Gasteiger partial charge in [-0.2, -0.15) is 0 Å². The van der Waals surface area contributed by atoms with E-state index in [2.05, 4.69) is 49.9 Å². The Morgan fingerprint density at radius 2 is 2.13 bits per heavy atom. The van der Waals surface area contributed by atoms with Gasteiger partial charge in [-0.25, -0.2) is 0 Å². The maximum atomic E-state index is 6.86. The zero-order chi connectivity index (χ0) is 16.4. The molecule has 1 saturated carbocycles. The Balaban J connectivity index is 1.78. The third-order valence-corrected chi connectivity index (χ3v) is 8.53. The molecule has 0 N–H and O–H groups in total. The Bertz CT molecular complexity index is 504. The number of halogens is 1. The van der Waals surface area contributed by atoms with Crippen molar-refractivity contribution in [3.63, 3.8) is 0 Å². The number of ether oxygens (including phenoxy) is 2. The summed E-state index contributed by atoms with van der Waals surface area (Å²) in [7, 11) is 0. The lowest BCUT2D eigenvalue weighted by molar-refractivity contribution is -0.204. The van der Waals surface area contributed by atoms with Crippen molar-refractivity contribution in [1.82, 2.24) is 0 Å². The maximum Gasteiger partial charge on any atom is 0.104 e. The third kappa shape index (κ3) is 2.47.